The lowest BCUT2D eigenvalue weighted by Gasteiger charge is -2.32. The number of carbonyl (C=O) groups is 2. The van der Waals surface area contributed by atoms with Crippen LogP contribution in [0.15, 0.2) is 71.6 Å². The van der Waals surface area contributed by atoms with Crippen LogP contribution >= 0.6 is 23.2 Å². The van der Waals surface area contributed by atoms with E-state index in [1.165, 1.54) is 17.0 Å². The Morgan fingerprint density at radius 3 is 2.17 bits per heavy atom. The van der Waals surface area contributed by atoms with Crippen molar-refractivity contribution in [2.24, 2.45) is 5.92 Å². The molecule has 3 aromatic carbocycles. The van der Waals surface area contributed by atoms with Crippen LogP contribution in [-0.2, 0) is 26.2 Å². The number of nitrogens with one attached hydrogen (secondary N) is 1. The topological polar surface area (TPSA) is 86.8 Å². The molecule has 214 valence electrons. The monoisotopic (exact) mass is 603 g/mol. The molecule has 0 saturated carbocycles. The summed E-state index contributed by atoms with van der Waals surface area (Å²) >= 11 is 12.5. The van der Waals surface area contributed by atoms with E-state index in [4.69, 9.17) is 23.2 Å². The van der Waals surface area contributed by atoms with Crippen LogP contribution in [0.3, 0.4) is 0 Å². The lowest BCUT2D eigenvalue weighted by atomic mass is 10.1. The molecule has 0 aliphatic rings. The SMILES string of the molecule is Cc1ccc(S(=O)(=O)N(CC(=O)N(Cc2ccc(Cl)cc2Cl)[C@@H](C)C(=O)NCC(C)C)c2cccc(C)c2)cc1. The number of nitrogens with zero attached hydrogens (tertiary/aromatic N) is 2. The average molecular weight is 605 g/mol. The molecular weight excluding hydrogens is 569 g/mol. The number of carbonyl (C=O) groups excluding carboxylic acids is 2. The van der Waals surface area contributed by atoms with Gasteiger partial charge in [0.25, 0.3) is 10.0 Å². The fourth-order valence-corrected chi connectivity index (χ4v) is 5.89. The van der Waals surface area contributed by atoms with E-state index in [1.807, 2.05) is 33.8 Å². The van der Waals surface area contributed by atoms with E-state index in [0.717, 1.165) is 15.4 Å². The minimum Gasteiger partial charge on any atom is -0.354 e. The third kappa shape index (κ3) is 7.99. The lowest BCUT2D eigenvalue weighted by molar-refractivity contribution is -0.139. The molecule has 1 atom stereocenters. The number of sulfonamides is 1. The van der Waals surface area contributed by atoms with Crippen molar-refractivity contribution in [1.82, 2.24) is 10.2 Å². The predicted octanol–water partition coefficient (Wildman–Crippen LogP) is 6.00. The van der Waals surface area contributed by atoms with E-state index in [0.29, 0.717) is 27.8 Å². The summed E-state index contributed by atoms with van der Waals surface area (Å²) in [7, 11) is -4.13. The van der Waals surface area contributed by atoms with Crippen molar-refractivity contribution >= 4 is 50.7 Å². The van der Waals surface area contributed by atoms with Crippen LogP contribution in [0, 0.1) is 19.8 Å². The fraction of sp³-hybridized carbons (Fsp3) is 0.333. The summed E-state index contributed by atoms with van der Waals surface area (Å²) in [6, 6.07) is 17.4. The van der Waals surface area contributed by atoms with Crippen LogP contribution in [0.1, 0.15) is 37.5 Å². The Morgan fingerprint density at radius 1 is 0.900 bits per heavy atom. The van der Waals surface area contributed by atoms with E-state index < -0.39 is 28.5 Å². The normalized spacial score (nSPS) is 12.2. The zero-order valence-corrected chi connectivity index (χ0v) is 25.6. The van der Waals surface area contributed by atoms with Crippen molar-refractivity contribution in [3.63, 3.8) is 0 Å². The van der Waals surface area contributed by atoms with Gasteiger partial charge in [-0.15, -0.1) is 0 Å². The molecule has 40 heavy (non-hydrogen) atoms. The summed E-state index contributed by atoms with van der Waals surface area (Å²) in [4.78, 5) is 28.5. The number of hydrogen-bond donors (Lipinski definition) is 1. The van der Waals surface area contributed by atoms with Crippen LogP contribution < -0.4 is 9.62 Å². The second kappa shape index (κ2) is 13.5. The average Bonchev–Trinajstić information content (AvgIpc) is 2.89. The molecule has 0 radical (unpaired) electrons. The van der Waals surface area contributed by atoms with Crippen LogP contribution in [0.4, 0.5) is 5.69 Å². The summed E-state index contributed by atoms with van der Waals surface area (Å²) in [5, 5.41) is 3.63. The van der Waals surface area contributed by atoms with E-state index in [-0.39, 0.29) is 23.3 Å². The van der Waals surface area contributed by atoms with Gasteiger partial charge in [0.15, 0.2) is 0 Å². The first-order valence-electron chi connectivity index (χ1n) is 13.0. The number of aryl methyl sites for hydroxylation is 2. The van der Waals surface area contributed by atoms with Gasteiger partial charge in [-0.1, -0.05) is 72.9 Å². The van der Waals surface area contributed by atoms with Gasteiger partial charge in [-0.05, 0) is 74.2 Å². The van der Waals surface area contributed by atoms with E-state index in [9.17, 15) is 18.0 Å². The minimum absolute atomic E-state index is 0.0165. The number of rotatable bonds is 11. The van der Waals surface area contributed by atoms with Crippen molar-refractivity contribution in [3.8, 4) is 0 Å². The third-order valence-corrected chi connectivity index (χ3v) is 8.76. The standard InChI is InChI=1S/C30H35Cl2N3O4S/c1-20(2)17-33-30(37)23(5)34(18-24-11-12-25(31)16-28(24)32)29(36)19-35(26-8-6-7-22(4)15-26)40(38,39)27-13-9-21(3)10-14-27/h6-16,20,23H,17-19H2,1-5H3,(H,33,37)/t23-/m0/s1. The van der Waals surface area contributed by atoms with E-state index in [1.54, 1.807) is 55.5 Å². The van der Waals surface area contributed by atoms with Crippen LogP contribution in [0.2, 0.25) is 10.0 Å². The fourth-order valence-electron chi connectivity index (χ4n) is 4.02. The van der Waals surface area contributed by atoms with Gasteiger partial charge < -0.3 is 10.2 Å². The van der Waals surface area contributed by atoms with Crippen molar-refractivity contribution in [3.05, 3.63) is 93.5 Å². The minimum atomic E-state index is -4.13. The molecule has 0 fully saturated rings. The highest BCUT2D eigenvalue weighted by Crippen LogP contribution is 2.27. The highest BCUT2D eigenvalue weighted by Gasteiger charge is 2.33. The van der Waals surface area contributed by atoms with Crippen molar-refractivity contribution in [1.29, 1.82) is 0 Å². The third-order valence-electron chi connectivity index (χ3n) is 6.39. The van der Waals surface area contributed by atoms with E-state index >= 15 is 0 Å². The summed E-state index contributed by atoms with van der Waals surface area (Å²) in [5.74, 6) is -0.700. The molecule has 0 aliphatic carbocycles. The quantitative estimate of drug-likeness (QED) is 0.291. The van der Waals surface area contributed by atoms with Crippen LogP contribution in [0.25, 0.3) is 0 Å². The van der Waals surface area contributed by atoms with Gasteiger partial charge in [0, 0.05) is 23.1 Å². The molecule has 1 N–H and O–H groups in total. The molecule has 0 aliphatic heterocycles. The first-order chi connectivity index (χ1) is 18.8. The van der Waals surface area contributed by atoms with E-state index in [2.05, 4.69) is 5.32 Å². The Bertz CT molecular complexity index is 1460. The maximum atomic E-state index is 14.0. The highest BCUT2D eigenvalue weighted by molar-refractivity contribution is 7.92. The molecule has 0 bridgehead atoms. The Kier molecular flexibility index (Phi) is 10.6. The second-order valence-electron chi connectivity index (χ2n) is 10.2. The highest BCUT2D eigenvalue weighted by atomic mass is 35.5. The van der Waals surface area contributed by atoms with Crippen molar-refractivity contribution in [2.45, 2.75) is 52.1 Å². The Morgan fingerprint density at radius 2 is 1.57 bits per heavy atom. The predicted molar refractivity (Wildman–Crippen MR) is 161 cm³/mol. The largest absolute Gasteiger partial charge is 0.354 e. The molecule has 0 unspecified atom stereocenters. The maximum Gasteiger partial charge on any atom is 0.264 e. The van der Waals surface area contributed by atoms with Gasteiger partial charge in [0.05, 0.1) is 10.6 Å². The lowest BCUT2D eigenvalue weighted by Crippen LogP contribution is -2.51. The maximum absolute atomic E-state index is 14.0. The molecular formula is C30H35Cl2N3O4S. The van der Waals surface area contributed by atoms with Crippen molar-refractivity contribution in [2.75, 3.05) is 17.4 Å². The van der Waals surface area contributed by atoms with Gasteiger partial charge in [-0.3, -0.25) is 13.9 Å². The summed E-state index contributed by atoms with van der Waals surface area (Å²) in [5.41, 5.74) is 2.66. The van der Waals surface area contributed by atoms with Crippen LogP contribution in [0.5, 0.6) is 0 Å². The number of hydrogen-bond acceptors (Lipinski definition) is 4. The molecule has 10 heteroatoms. The zero-order valence-electron chi connectivity index (χ0n) is 23.3. The summed E-state index contributed by atoms with van der Waals surface area (Å²) in [6.45, 7) is 9.16. The zero-order chi connectivity index (χ0) is 29.6. The molecule has 2 amide bonds. The number of benzene rings is 3. The molecule has 0 saturated heterocycles. The van der Waals surface area contributed by atoms with Gasteiger partial charge >= 0.3 is 0 Å². The summed E-state index contributed by atoms with van der Waals surface area (Å²) < 4.78 is 28.9. The molecule has 7 nitrogen and oxygen atoms in total. The second-order valence-corrected chi connectivity index (χ2v) is 12.9. The van der Waals surface area contributed by atoms with Gasteiger partial charge in [-0.25, -0.2) is 8.42 Å². The Labute approximate surface area is 247 Å². The molecule has 3 aromatic rings. The Hall–Kier alpha value is -3.07. The summed E-state index contributed by atoms with van der Waals surface area (Å²) in [6.07, 6.45) is 0. The smallest absolute Gasteiger partial charge is 0.264 e. The first-order valence-corrected chi connectivity index (χ1v) is 15.2. The molecule has 0 aromatic heterocycles. The van der Waals surface area contributed by atoms with Crippen molar-refractivity contribution < 1.29 is 18.0 Å². The van der Waals surface area contributed by atoms with Gasteiger partial charge in [0.2, 0.25) is 11.8 Å². The number of amides is 2. The molecule has 3 rings (SSSR count). The number of anilines is 1. The molecule has 0 spiro atoms. The first kappa shape index (κ1) is 31.5. The Balaban J connectivity index is 2.04. The van der Waals surface area contributed by atoms with Gasteiger partial charge in [-0.2, -0.15) is 0 Å². The number of halogens is 2. The van der Waals surface area contributed by atoms with Crippen LogP contribution in [-0.4, -0.2) is 44.3 Å². The molecule has 0 heterocycles. The van der Waals surface area contributed by atoms with Gasteiger partial charge in [0.1, 0.15) is 12.6 Å².